The van der Waals surface area contributed by atoms with E-state index in [0.29, 0.717) is 12.0 Å². The van der Waals surface area contributed by atoms with Crippen LogP contribution in [0.4, 0.5) is 0 Å². The second-order valence-corrected chi connectivity index (χ2v) is 7.18. The van der Waals surface area contributed by atoms with Crippen molar-refractivity contribution in [3.05, 3.63) is 36.1 Å². The maximum Gasteiger partial charge on any atom is 0.0576 e. The summed E-state index contributed by atoms with van der Waals surface area (Å²) in [6, 6.07) is 0.509. The Labute approximate surface area is 106 Å². The highest BCUT2D eigenvalue weighted by atomic mass is 15.2. The van der Waals surface area contributed by atoms with Crippen molar-refractivity contribution in [2.45, 2.75) is 53.1 Å². The van der Waals surface area contributed by atoms with Gasteiger partial charge in [0.15, 0.2) is 0 Å². The zero-order valence-electron chi connectivity index (χ0n) is 12.0. The van der Waals surface area contributed by atoms with Gasteiger partial charge in [-0.2, -0.15) is 0 Å². The Hall–Kier alpha value is -0.980. The van der Waals surface area contributed by atoms with E-state index in [4.69, 9.17) is 0 Å². The van der Waals surface area contributed by atoms with Crippen molar-refractivity contribution in [3.63, 3.8) is 0 Å². The largest absolute Gasteiger partial charge is 0.362 e. The van der Waals surface area contributed by atoms with E-state index in [1.165, 1.54) is 5.70 Å². The molecule has 0 fully saturated rings. The lowest BCUT2D eigenvalue weighted by Crippen LogP contribution is -2.47. The van der Waals surface area contributed by atoms with Crippen LogP contribution in [0.3, 0.4) is 0 Å². The zero-order valence-corrected chi connectivity index (χ0v) is 12.0. The van der Waals surface area contributed by atoms with Crippen LogP contribution in [0.25, 0.3) is 0 Å². The predicted octanol–water partition coefficient (Wildman–Crippen LogP) is 4.14. The third-order valence-electron chi connectivity index (χ3n) is 3.55. The number of hydrogen-bond acceptors (Lipinski definition) is 1. The molecule has 0 bridgehead atoms. The molecule has 1 heterocycles. The second-order valence-electron chi connectivity index (χ2n) is 7.18. The molecule has 0 N–H and O–H groups in total. The summed E-state index contributed by atoms with van der Waals surface area (Å²) in [5.74, 6) is 0.549. The van der Waals surface area contributed by atoms with E-state index in [-0.39, 0.29) is 11.0 Å². The third-order valence-corrected chi connectivity index (χ3v) is 3.55. The summed E-state index contributed by atoms with van der Waals surface area (Å²) in [6.45, 7) is 13.8. The molecule has 0 radical (unpaired) electrons. The van der Waals surface area contributed by atoms with Gasteiger partial charge in [-0.05, 0) is 20.8 Å². The minimum Gasteiger partial charge on any atom is -0.362 e. The quantitative estimate of drug-likeness (QED) is 0.605. The molecule has 0 aromatic carbocycles. The molecule has 0 saturated heterocycles. The van der Waals surface area contributed by atoms with E-state index in [1.54, 1.807) is 0 Å². The average Bonchev–Trinajstić information content (AvgIpc) is 2.54. The standard InChI is InChI=1S/C16H25N/c1-15(2,3)14-11-12-9-7-8-10-13(12)17(14)16(4,5)6/h7-13H,1-6H3. The molecule has 17 heavy (non-hydrogen) atoms. The molecule has 1 nitrogen and oxygen atoms in total. The predicted molar refractivity (Wildman–Crippen MR) is 74.7 cm³/mol. The molecular formula is C16H25N. The lowest BCUT2D eigenvalue weighted by molar-refractivity contribution is 0.127. The van der Waals surface area contributed by atoms with Crippen LogP contribution in [-0.2, 0) is 0 Å². The maximum atomic E-state index is 2.59. The monoisotopic (exact) mass is 231 g/mol. The van der Waals surface area contributed by atoms with Gasteiger partial charge in [-0.3, -0.25) is 0 Å². The molecule has 2 atom stereocenters. The number of hydrogen-bond donors (Lipinski definition) is 0. The molecule has 2 unspecified atom stereocenters. The van der Waals surface area contributed by atoms with E-state index in [1.807, 2.05) is 0 Å². The van der Waals surface area contributed by atoms with Gasteiger partial charge in [0.2, 0.25) is 0 Å². The van der Waals surface area contributed by atoms with E-state index in [9.17, 15) is 0 Å². The first-order chi connectivity index (χ1) is 7.71. The second kappa shape index (κ2) is 3.76. The highest BCUT2D eigenvalue weighted by molar-refractivity contribution is 5.33. The normalized spacial score (nSPS) is 28.4. The Bertz CT molecular complexity index is 385. The summed E-state index contributed by atoms with van der Waals surface area (Å²) in [6.07, 6.45) is 11.5. The van der Waals surface area contributed by atoms with Gasteiger partial charge < -0.3 is 4.90 Å². The van der Waals surface area contributed by atoms with Crippen LogP contribution in [0.15, 0.2) is 36.1 Å². The number of allylic oxidation sites excluding steroid dienone is 3. The van der Waals surface area contributed by atoms with Gasteiger partial charge >= 0.3 is 0 Å². The first-order valence-corrected chi connectivity index (χ1v) is 6.58. The fourth-order valence-corrected chi connectivity index (χ4v) is 2.87. The number of fused-ring (bicyclic) bond motifs is 1. The molecule has 0 aromatic rings. The van der Waals surface area contributed by atoms with Crippen LogP contribution in [-0.4, -0.2) is 16.5 Å². The molecule has 2 rings (SSSR count). The molecular weight excluding hydrogens is 206 g/mol. The van der Waals surface area contributed by atoms with Gasteiger partial charge in [0.05, 0.1) is 6.04 Å². The van der Waals surface area contributed by atoms with Crippen molar-refractivity contribution in [1.29, 1.82) is 0 Å². The Morgan fingerprint density at radius 2 is 1.53 bits per heavy atom. The highest BCUT2D eigenvalue weighted by Gasteiger charge is 2.41. The van der Waals surface area contributed by atoms with Crippen LogP contribution >= 0.6 is 0 Å². The highest BCUT2D eigenvalue weighted by Crippen LogP contribution is 2.43. The fourth-order valence-electron chi connectivity index (χ4n) is 2.87. The van der Waals surface area contributed by atoms with Crippen LogP contribution in [0.5, 0.6) is 0 Å². The summed E-state index contributed by atoms with van der Waals surface area (Å²) < 4.78 is 0. The van der Waals surface area contributed by atoms with Crippen molar-refractivity contribution in [3.8, 4) is 0 Å². The maximum absolute atomic E-state index is 2.59. The molecule has 0 amide bonds. The van der Waals surface area contributed by atoms with E-state index in [2.05, 4.69) is 76.8 Å². The van der Waals surface area contributed by atoms with Crippen LogP contribution < -0.4 is 0 Å². The van der Waals surface area contributed by atoms with Gasteiger partial charge in [-0.15, -0.1) is 0 Å². The number of rotatable bonds is 0. The Balaban J connectivity index is 2.43. The summed E-state index contributed by atoms with van der Waals surface area (Å²) in [5, 5.41) is 0. The Morgan fingerprint density at radius 3 is 2.06 bits per heavy atom. The topological polar surface area (TPSA) is 3.24 Å². The van der Waals surface area contributed by atoms with Crippen molar-refractivity contribution < 1.29 is 0 Å². The van der Waals surface area contributed by atoms with Gasteiger partial charge in [-0.1, -0.05) is 51.2 Å². The minimum absolute atomic E-state index is 0.175. The minimum atomic E-state index is 0.175. The molecule has 1 aliphatic carbocycles. The van der Waals surface area contributed by atoms with Crippen LogP contribution in [0.2, 0.25) is 0 Å². The van der Waals surface area contributed by atoms with Gasteiger partial charge in [0.25, 0.3) is 0 Å². The molecule has 94 valence electrons. The van der Waals surface area contributed by atoms with Gasteiger partial charge in [0.1, 0.15) is 0 Å². The van der Waals surface area contributed by atoms with E-state index >= 15 is 0 Å². The van der Waals surface area contributed by atoms with Crippen LogP contribution in [0.1, 0.15) is 41.5 Å². The van der Waals surface area contributed by atoms with Crippen LogP contribution in [0, 0.1) is 11.3 Å². The lowest BCUT2D eigenvalue weighted by atomic mass is 9.89. The SMILES string of the molecule is CC(C)(C)C1=CC2C=CC=CC2N1C(C)(C)C. The third kappa shape index (κ3) is 2.20. The molecule has 2 aliphatic rings. The summed E-state index contributed by atoms with van der Waals surface area (Å²) in [4.78, 5) is 2.59. The Morgan fingerprint density at radius 1 is 0.941 bits per heavy atom. The molecule has 0 aromatic heterocycles. The molecule has 0 spiro atoms. The van der Waals surface area contributed by atoms with Crippen molar-refractivity contribution in [1.82, 2.24) is 4.90 Å². The van der Waals surface area contributed by atoms with Gasteiger partial charge in [0, 0.05) is 22.6 Å². The summed E-state index contributed by atoms with van der Waals surface area (Å²) in [5.41, 5.74) is 1.87. The average molecular weight is 231 g/mol. The van der Waals surface area contributed by atoms with Crippen molar-refractivity contribution in [2.24, 2.45) is 11.3 Å². The van der Waals surface area contributed by atoms with Gasteiger partial charge in [-0.25, -0.2) is 0 Å². The first kappa shape index (κ1) is 12.5. The smallest absolute Gasteiger partial charge is 0.0576 e. The fraction of sp³-hybridized carbons (Fsp3) is 0.625. The molecule has 0 saturated carbocycles. The zero-order chi connectivity index (χ0) is 12.8. The number of nitrogens with zero attached hydrogens (tertiary/aromatic N) is 1. The first-order valence-electron chi connectivity index (χ1n) is 6.58. The van der Waals surface area contributed by atoms with E-state index < -0.39 is 0 Å². The molecule has 1 aliphatic heterocycles. The summed E-state index contributed by atoms with van der Waals surface area (Å²) in [7, 11) is 0. The summed E-state index contributed by atoms with van der Waals surface area (Å²) >= 11 is 0. The van der Waals surface area contributed by atoms with E-state index in [0.717, 1.165) is 0 Å². The van der Waals surface area contributed by atoms with Crippen molar-refractivity contribution >= 4 is 0 Å². The lowest BCUT2D eigenvalue weighted by Gasteiger charge is -2.45. The van der Waals surface area contributed by atoms with Crippen molar-refractivity contribution in [2.75, 3.05) is 0 Å². The molecule has 1 heteroatoms. The Kier molecular flexibility index (Phi) is 2.76.